The van der Waals surface area contributed by atoms with Crippen LogP contribution in [0.3, 0.4) is 0 Å². The highest BCUT2D eigenvalue weighted by Gasteiger charge is 2.21. The van der Waals surface area contributed by atoms with Crippen LogP contribution in [-0.4, -0.2) is 46.0 Å². The van der Waals surface area contributed by atoms with Crippen LogP contribution in [0.2, 0.25) is 0 Å². The number of nitrogens with zero attached hydrogens (tertiary/aromatic N) is 1. The fourth-order valence-corrected chi connectivity index (χ4v) is 2.87. The Morgan fingerprint density at radius 2 is 2.19 bits per heavy atom. The molecule has 0 unspecified atom stereocenters. The van der Waals surface area contributed by atoms with Gasteiger partial charge in [0.05, 0.1) is 6.42 Å². The summed E-state index contributed by atoms with van der Waals surface area (Å²) in [6.45, 7) is 1.09. The van der Waals surface area contributed by atoms with E-state index in [-0.39, 0.29) is 24.0 Å². The molecule has 0 radical (unpaired) electrons. The second kappa shape index (κ2) is 7.12. The summed E-state index contributed by atoms with van der Waals surface area (Å²) in [7, 11) is 0. The molecule has 0 aromatic heterocycles. The van der Waals surface area contributed by atoms with Crippen molar-refractivity contribution in [1.29, 1.82) is 0 Å². The molecule has 2 rings (SSSR count). The van der Waals surface area contributed by atoms with E-state index in [0.717, 1.165) is 5.75 Å². The van der Waals surface area contributed by atoms with Crippen molar-refractivity contribution in [2.75, 3.05) is 24.2 Å². The quantitative estimate of drug-likeness (QED) is 0.837. The summed E-state index contributed by atoms with van der Waals surface area (Å²) in [5.41, 5.74) is 1.20. The lowest BCUT2D eigenvalue weighted by Gasteiger charge is -2.14. The number of carboxylic acid groups (broad SMARTS) is 1. The van der Waals surface area contributed by atoms with Crippen LogP contribution in [0.4, 0.5) is 10.5 Å². The third-order valence-corrected chi connectivity index (χ3v) is 3.91. The van der Waals surface area contributed by atoms with Gasteiger partial charge in [0.15, 0.2) is 0 Å². The fourth-order valence-electron chi connectivity index (χ4n) is 2.02. The maximum Gasteiger partial charge on any atom is 0.307 e. The second-order valence-corrected chi connectivity index (χ2v) is 5.72. The summed E-state index contributed by atoms with van der Waals surface area (Å²) < 4.78 is 0. The average Bonchev–Trinajstić information content (AvgIpc) is 2.81. The Kier molecular flexibility index (Phi) is 5.21. The van der Waals surface area contributed by atoms with Crippen molar-refractivity contribution in [2.45, 2.75) is 12.8 Å². The summed E-state index contributed by atoms with van der Waals surface area (Å²) in [4.78, 5) is 35.5. The SMILES string of the molecule is O=C(O)Cc1cccc(NC(=O)CCN2CCSC2=O)c1. The van der Waals surface area contributed by atoms with Gasteiger partial charge in [-0.15, -0.1) is 0 Å². The molecule has 1 aliphatic rings. The molecule has 0 saturated carbocycles. The van der Waals surface area contributed by atoms with E-state index in [4.69, 9.17) is 5.11 Å². The number of anilines is 1. The molecule has 1 aliphatic heterocycles. The maximum atomic E-state index is 11.8. The summed E-state index contributed by atoms with van der Waals surface area (Å²) in [6, 6.07) is 6.75. The van der Waals surface area contributed by atoms with E-state index in [2.05, 4.69) is 5.32 Å². The van der Waals surface area contributed by atoms with Crippen molar-refractivity contribution < 1.29 is 19.5 Å². The molecule has 6 nitrogen and oxygen atoms in total. The number of amides is 2. The van der Waals surface area contributed by atoms with Crippen molar-refractivity contribution in [3.8, 4) is 0 Å². The molecule has 2 amide bonds. The van der Waals surface area contributed by atoms with Crippen LogP contribution in [-0.2, 0) is 16.0 Å². The molecular weight excluding hydrogens is 292 g/mol. The van der Waals surface area contributed by atoms with Crippen molar-refractivity contribution in [3.05, 3.63) is 29.8 Å². The van der Waals surface area contributed by atoms with Gasteiger partial charge in [0, 0.05) is 31.0 Å². The van der Waals surface area contributed by atoms with Gasteiger partial charge in [-0.25, -0.2) is 0 Å². The van der Waals surface area contributed by atoms with E-state index in [1.165, 1.54) is 11.8 Å². The molecule has 1 aromatic carbocycles. The van der Waals surface area contributed by atoms with Gasteiger partial charge in [0.1, 0.15) is 0 Å². The first-order valence-corrected chi connectivity index (χ1v) is 7.55. The number of carbonyl (C=O) groups is 3. The van der Waals surface area contributed by atoms with Gasteiger partial charge in [-0.2, -0.15) is 0 Å². The van der Waals surface area contributed by atoms with E-state index < -0.39 is 5.97 Å². The molecule has 0 aliphatic carbocycles. The topological polar surface area (TPSA) is 86.7 Å². The van der Waals surface area contributed by atoms with E-state index in [1.807, 2.05) is 0 Å². The molecule has 0 spiro atoms. The number of hydrogen-bond donors (Lipinski definition) is 2. The first-order valence-electron chi connectivity index (χ1n) is 6.57. The highest BCUT2D eigenvalue weighted by atomic mass is 32.2. The molecule has 0 atom stereocenters. The monoisotopic (exact) mass is 308 g/mol. The third-order valence-electron chi connectivity index (χ3n) is 3.02. The molecule has 1 fully saturated rings. The molecule has 112 valence electrons. The van der Waals surface area contributed by atoms with E-state index in [9.17, 15) is 14.4 Å². The van der Waals surface area contributed by atoms with Gasteiger partial charge >= 0.3 is 5.97 Å². The zero-order valence-electron chi connectivity index (χ0n) is 11.4. The van der Waals surface area contributed by atoms with E-state index in [1.54, 1.807) is 29.2 Å². The number of rotatable bonds is 6. The lowest BCUT2D eigenvalue weighted by atomic mass is 10.1. The van der Waals surface area contributed by atoms with Crippen LogP contribution in [0.15, 0.2) is 24.3 Å². The standard InChI is InChI=1S/C14H16N2O4S/c17-12(4-5-16-6-7-21-14(16)20)15-11-3-1-2-10(8-11)9-13(18)19/h1-3,8H,4-7,9H2,(H,15,17)(H,18,19). The van der Waals surface area contributed by atoms with Gasteiger partial charge in [-0.05, 0) is 17.7 Å². The second-order valence-electron chi connectivity index (χ2n) is 4.67. The predicted molar refractivity (Wildman–Crippen MR) is 80.5 cm³/mol. The summed E-state index contributed by atoms with van der Waals surface area (Å²) in [5, 5.41) is 11.5. The zero-order chi connectivity index (χ0) is 15.2. The van der Waals surface area contributed by atoms with Gasteiger partial charge in [-0.3, -0.25) is 14.4 Å². The zero-order valence-corrected chi connectivity index (χ0v) is 12.2. The Morgan fingerprint density at radius 3 is 2.86 bits per heavy atom. The van der Waals surface area contributed by atoms with Gasteiger partial charge in [0.25, 0.3) is 5.24 Å². The molecule has 1 heterocycles. The minimum Gasteiger partial charge on any atom is -0.481 e. The van der Waals surface area contributed by atoms with Crippen LogP contribution < -0.4 is 5.32 Å². The molecule has 1 saturated heterocycles. The van der Waals surface area contributed by atoms with Crippen LogP contribution >= 0.6 is 11.8 Å². The first kappa shape index (κ1) is 15.4. The third kappa shape index (κ3) is 4.78. The number of carbonyl (C=O) groups excluding carboxylic acids is 2. The summed E-state index contributed by atoms with van der Waals surface area (Å²) >= 11 is 1.27. The van der Waals surface area contributed by atoms with E-state index in [0.29, 0.717) is 24.3 Å². The molecule has 1 aromatic rings. The smallest absolute Gasteiger partial charge is 0.307 e. The van der Waals surface area contributed by atoms with Crippen LogP contribution in [0.5, 0.6) is 0 Å². The highest BCUT2D eigenvalue weighted by Crippen LogP contribution is 2.17. The molecule has 7 heteroatoms. The molecule has 0 bridgehead atoms. The maximum absolute atomic E-state index is 11.8. The Morgan fingerprint density at radius 1 is 1.38 bits per heavy atom. The Labute approximate surface area is 126 Å². The number of thioether (sulfide) groups is 1. The van der Waals surface area contributed by atoms with Crippen molar-refractivity contribution >= 4 is 34.6 Å². The molecule has 21 heavy (non-hydrogen) atoms. The Bertz CT molecular complexity index is 562. The lowest BCUT2D eigenvalue weighted by Crippen LogP contribution is -2.27. The van der Waals surface area contributed by atoms with Crippen molar-refractivity contribution in [3.63, 3.8) is 0 Å². The average molecular weight is 308 g/mol. The lowest BCUT2D eigenvalue weighted by molar-refractivity contribution is -0.136. The molecular formula is C14H16N2O4S. The largest absolute Gasteiger partial charge is 0.481 e. The van der Waals surface area contributed by atoms with E-state index >= 15 is 0 Å². The van der Waals surface area contributed by atoms with Crippen LogP contribution in [0.1, 0.15) is 12.0 Å². The Hall–Kier alpha value is -2.02. The van der Waals surface area contributed by atoms with Gasteiger partial charge in [-0.1, -0.05) is 23.9 Å². The summed E-state index contributed by atoms with van der Waals surface area (Å²) in [6.07, 6.45) is 0.151. The number of carboxylic acids is 1. The number of hydrogen-bond acceptors (Lipinski definition) is 4. The molecule has 2 N–H and O–H groups in total. The van der Waals surface area contributed by atoms with Crippen molar-refractivity contribution in [2.24, 2.45) is 0 Å². The van der Waals surface area contributed by atoms with Crippen LogP contribution in [0, 0.1) is 0 Å². The predicted octanol–water partition coefficient (Wildman–Crippen LogP) is 1.81. The minimum atomic E-state index is -0.913. The highest BCUT2D eigenvalue weighted by molar-refractivity contribution is 8.13. The number of aliphatic carboxylic acids is 1. The Balaban J connectivity index is 1.84. The number of benzene rings is 1. The fraction of sp³-hybridized carbons (Fsp3) is 0.357. The summed E-state index contributed by atoms with van der Waals surface area (Å²) in [5.74, 6) is -0.326. The minimum absolute atomic E-state index is 0.0197. The first-order chi connectivity index (χ1) is 10.0. The normalized spacial score (nSPS) is 14.3. The van der Waals surface area contributed by atoms with Crippen LogP contribution in [0.25, 0.3) is 0 Å². The number of nitrogens with one attached hydrogen (secondary N) is 1. The van der Waals surface area contributed by atoms with Gasteiger partial charge < -0.3 is 15.3 Å². The van der Waals surface area contributed by atoms with Crippen molar-refractivity contribution in [1.82, 2.24) is 4.90 Å². The van der Waals surface area contributed by atoms with Gasteiger partial charge in [0.2, 0.25) is 5.91 Å².